The van der Waals surface area contributed by atoms with E-state index in [1.54, 1.807) is 0 Å². The Morgan fingerprint density at radius 2 is 1.95 bits per heavy atom. The van der Waals surface area contributed by atoms with Gasteiger partial charge in [0.05, 0.1) is 5.69 Å². The Balaban J connectivity index is 1.97. The van der Waals surface area contributed by atoms with Crippen molar-refractivity contribution in [2.24, 2.45) is 0 Å². The van der Waals surface area contributed by atoms with Gasteiger partial charge in [0.2, 0.25) is 0 Å². The van der Waals surface area contributed by atoms with Crippen LogP contribution < -0.4 is 4.90 Å². The fourth-order valence-electron chi connectivity index (χ4n) is 2.07. The smallest absolute Gasteiger partial charge is 0.158 e. The summed E-state index contributed by atoms with van der Waals surface area (Å²) in [6.45, 7) is 0.805. The molecule has 0 bridgehead atoms. The highest BCUT2D eigenvalue weighted by atomic mass is 79.9. The number of anilines is 1. The van der Waals surface area contributed by atoms with E-state index in [1.807, 2.05) is 37.4 Å². The van der Waals surface area contributed by atoms with Crippen molar-refractivity contribution in [3.05, 3.63) is 52.5 Å². The van der Waals surface area contributed by atoms with Crippen LogP contribution >= 0.6 is 15.9 Å². The second-order valence-electron chi connectivity index (χ2n) is 4.40. The Hall–Kier alpha value is -1.88. The lowest BCUT2D eigenvalue weighted by atomic mass is 10.2. The SMILES string of the molecule is CN(Cc1ccccc1)c1cc(Br)cc2nonc12. The molecule has 0 atom stereocenters. The van der Waals surface area contributed by atoms with Crippen LogP contribution in [0.15, 0.2) is 51.6 Å². The molecule has 0 amide bonds. The number of rotatable bonds is 3. The lowest BCUT2D eigenvalue weighted by Gasteiger charge is -2.19. The summed E-state index contributed by atoms with van der Waals surface area (Å²) in [4.78, 5) is 2.13. The van der Waals surface area contributed by atoms with Crippen molar-refractivity contribution < 1.29 is 4.63 Å². The third kappa shape index (κ3) is 2.46. The minimum absolute atomic E-state index is 0.754. The van der Waals surface area contributed by atoms with E-state index < -0.39 is 0 Å². The molecule has 0 spiro atoms. The number of hydrogen-bond donors (Lipinski definition) is 0. The zero-order chi connectivity index (χ0) is 13.2. The quantitative estimate of drug-likeness (QED) is 0.740. The summed E-state index contributed by atoms with van der Waals surface area (Å²) in [5.74, 6) is 0. The van der Waals surface area contributed by atoms with Gasteiger partial charge in [-0.25, -0.2) is 4.63 Å². The van der Waals surface area contributed by atoms with Crippen LogP contribution in [0.3, 0.4) is 0 Å². The largest absolute Gasteiger partial charge is 0.368 e. The Labute approximate surface area is 119 Å². The predicted octanol–water partition coefficient (Wildman–Crippen LogP) is 3.62. The lowest BCUT2D eigenvalue weighted by Crippen LogP contribution is -2.16. The zero-order valence-electron chi connectivity index (χ0n) is 10.4. The molecule has 0 radical (unpaired) electrons. The standard InChI is InChI=1S/C14H12BrN3O/c1-18(9-10-5-3-2-4-6-10)13-8-11(15)7-12-14(13)17-19-16-12/h2-8H,9H2,1H3. The van der Waals surface area contributed by atoms with Crippen molar-refractivity contribution in [3.8, 4) is 0 Å². The van der Waals surface area contributed by atoms with Gasteiger partial charge >= 0.3 is 0 Å². The maximum atomic E-state index is 4.81. The van der Waals surface area contributed by atoms with Crippen LogP contribution in [0.1, 0.15) is 5.56 Å². The summed E-state index contributed by atoms with van der Waals surface area (Å²) >= 11 is 3.49. The molecule has 19 heavy (non-hydrogen) atoms. The second kappa shape index (κ2) is 5.01. The molecular weight excluding hydrogens is 306 g/mol. The minimum Gasteiger partial charge on any atom is -0.368 e. The predicted molar refractivity (Wildman–Crippen MR) is 78.1 cm³/mol. The summed E-state index contributed by atoms with van der Waals surface area (Å²) in [5.41, 5.74) is 3.77. The minimum atomic E-state index is 0.754. The second-order valence-corrected chi connectivity index (χ2v) is 5.31. The van der Waals surface area contributed by atoms with Gasteiger partial charge in [0.25, 0.3) is 0 Å². The van der Waals surface area contributed by atoms with Gasteiger partial charge in [0.1, 0.15) is 5.52 Å². The van der Waals surface area contributed by atoms with Gasteiger partial charge in [-0.2, -0.15) is 0 Å². The van der Waals surface area contributed by atoms with Crippen molar-refractivity contribution in [3.63, 3.8) is 0 Å². The highest BCUT2D eigenvalue weighted by Crippen LogP contribution is 2.29. The molecule has 96 valence electrons. The average Bonchev–Trinajstić information content (AvgIpc) is 2.86. The number of hydrogen-bond acceptors (Lipinski definition) is 4. The molecular formula is C14H12BrN3O. The van der Waals surface area contributed by atoms with Gasteiger partial charge in [-0.05, 0) is 28.0 Å². The van der Waals surface area contributed by atoms with E-state index >= 15 is 0 Å². The Kier molecular flexibility index (Phi) is 3.21. The highest BCUT2D eigenvalue weighted by molar-refractivity contribution is 9.10. The zero-order valence-corrected chi connectivity index (χ0v) is 12.0. The summed E-state index contributed by atoms with van der Waals surface area (Å²) in [6.07, 6.45) is 0. The van der Waals surface area contributed by atoms with Crippen LogP contribution in [0.2, 0.25) is 0 Å². The number of halogens is 1. The van der Waals surface area contributed by atoms with E-state index in [1.165, 1.54) is 5.56 Å². The molecule has 4 nitrogen and oxygen atoms in total. The van der Waals surface area contributed by atoms with Crippen LogP contribution in [-0.2, 0) is 6.54 Å². The lowest BCUT2D eigenvalue weighted by molar-refractivity contribution is 0.315. The monoisotopic (exact) mass is 317 g/mol. The topological polar surface area (TPSA) is 42.2 Å². The molecule has 0 unspecified atom stereocenters. The van der Waals surface area contributed by atoms with Crippen LogP contribution in [-0.4, -0.2) is 17.4 Å². The van der Waals surface area contributed by atoms with Crippen LogP contribution in [0.4, 0.5) is 5.69 Å². The number of benzene rings is 2. The summed E-state index contributed by atoms with van der Waals surface area (Å²) in [6, 6.07) is 14.2. The first-order valence-electron chi connectivity index (χ1n) is 5.91. The van der Waals surface area contributed by atoms with E-state index in [-0.39, 0.29) is 0 Å². The van der Waals surface area contributed by atoms with Crippen LogP contribution in [0, 0.1) is 0 Å². The molecule has 0 saturated heterocycles. The van der Waals surface area contributed by atoms with E-state index in [9.17, 15) is 0 Å². The van der Waals surface area contributed by atoms with Gasteiger partial charge in [0.15, 0.2) is 5.52 Å². The van der Waals surface area contributed by atoms with Gasteiger partial charge in [0, 0.05) is 18.1 Å². The van der Waals surface area contributed by atoms with E-state index in [0.29, 0.717) is 0 Å². The first kappa shape index (κ1) is 12.2. The fourth-order valence-corrected chi connectivity index (χ4v) is 2.51. The fraction of sp³-hybridized carbons (Fsp3) is 0.143. The molecule has 0 aliphatic rings. The molecule has 0 fully saturated rings. The molecule has 3 rings (SSSR count). The molecule has 0 aliphatic heterocycles. The number of aromatic nitrogens is 2. The molecule has 2 aromatic carbocycles. The van der Waals surface area contributed by atoms with Gasteiger partial charge in [-0.3, -0.25) is 0 Å². The molecule has 5 heteroatoms. The van der Waals surface area contributed by atoms with E-state index in [0.717, 1.165) is 27.7 Å². The first-order chi connectivity index (χ1) is 9.24. The summed E-state index contributed by atoms with van der Waals surface area (Å²) in [5, 5.41) is 7.86. The summed E-state index contributed by atoms with van der Waals surface area (Å²) in [7, 11) is 2.03. The van der Waals surface area contributed by atoms with Crippen LogP contribution in [0.5, 0.6) is 0 Å². The molecule has 1 aromatic heterocycles. The number of nitrogens with zero attached hydrogens (tertiary/aromatic N) is 3. The van der Waals surface area contributed by atoms with Crippen molar-refractivity contribution in [2.75, 3.05) is 11.9 Å². The maximum absolute atomic E-state index is 4.81. The maximum Gasteiger partial charge on any atom is 0.158 e. The Morgan fingerprint density at radius 1 is 1.16 bits per heavy atom. The van der Waals surface area contributed by atoms with Crippen molar-refractivity contribution >= 4 is 32.7 Å². The molecule has 0 aliphatic carbocycles. The third-order valence-corrected chi connectivity index (χ3v) is 3.44. The number of fused-ring (bicyclic) bond motifs is 1. The third-order valence-electron chi connectivity index (χ3n) is 2.98. The van der Waals surface area contributed by atoms with Gasteiger partial charge in [-0.1, -0.05) is 46.3 Å². The van der Waals surface area contributed by atoms with E-state index in [2.05, 4.69) is 43.3 Å². The van der Waals surface area contributed by atoms with E-state index in [4.69, 9.17) is 4.63 Å². The average molecular weight is 318 g/mol. The van der Waals surface area contributed by atoms with Crippen LogP contribution in [0.25, 0.3) is 11.0 Å². The van der Waals surface area contributed by atoms with Crippen molar-refractivity contribution in [2.45, 2.75) is 6.54 Å². The van der Waals surface area contributed by atoms with Gasteiger partial charge in [-0.15, -0.1) is 0 Å². The molecule has 0 saturated carbocycles. The first-order valence-corrected chi connectivity index (χ1v) is 6.70. The van der Waals surface area contributed by atoms with Crippen molar-refractivity contribution in [1.29, 1.82) is 0 Å². The summed E-state index contributed by atoms with van der Waals surface area (Å²) < 4.78 is 5.78. The van der Waals surface area contributed by atoms with Gasteiger partial charge < -0.3 is 4.90 Å². The normalized spacial score (nSPS) is 10.8. The Bertz CT molecular complexity index is 696. The highest BCUT2D eigenvalue weighted by Gasteiger charge is 2.12. The molecule has 0 N–H and O–H groups in total. The molecule has 1 heterocycles. The molecule has 3 aromatic rings. The Morgan fingerprint density at radius 3 is 2.74 bits per heavy atom. The van der Waals surface area contributed by atoms with Crippen molar-refractivity contribution in [1.82, 2.24) is 10.3 Å².